The highest BCUT2D eigenvalue weighted by Crippen LogP contribution is 2.19. The number of aryl methyl sites for hydroxylation is 1. The summed E-state index contributed by atoms with van der Waals surface area (Å²) in [5, 5.41) is 3.29. The van der Waals surface area contributed by atoms with Crippen LogP contribution >= 0.6 is 0 Å². The lowest BCUT2D eigenvalue weighted by atomic mass is 9.96. The van der Waals surface area contributed by atoms with E-state index in [4.69, 9.17) is 0 Å². The summed E-state index contributed by atoms with van der Waals surface area (Å²) in [6.07, 6.45) is 0. The molecule has 2 unspecified atom stereocenters. The molecule has 2 atom stereocenters. The minimum Gasteiger partial charge on any atom is -0.341 e. The average molecular weight is 246 g/mol. The van der Waals surface area contributed by atoms with E-state index in [1.54, 1.807) is 0 Å². The van der Waals surface area contributed by atoms with E-state index in [9.17, 15) is 4.79 Å². The fraction of sp³-hybridized carbons (Fsp3) is 0.533. The van der Waals surface area contributed by atoms with Crippen LogP contribution in [0.2, 0.25) is 0 Å². The van der Waals surface area contributed by atoms with Crippen LogP contribution in [0.25, 0.3) is 0 Å². The van der Waals surface area contributed by atoms with Gasteiger partial charge in [-0.05, 0) is 30.5 Å². The van der Waals surface area contributed by atoms with E-state index in [0.29, 0.717) is 12.5 Å². The van der Waals surface area contributed by atoms with Crippen molar-refractivity contribution in [3.8, 4) is 0 Å². The minimum atomic E-state index is 0.138. The van der Waals surface area contributed by atoms with Crippen LogP contribution in [0.3, 0.4) is 0 Å². The van der Waals surface area contributed by atoms with Crippen LogP contribution in [0.4, 0.5) is 0 Å². The average Bonchev–Trinajstić information content (AvgIpc) is 2.77. The molecular formula is C15H22N2O. The molecule has 1 aromatic rings. The van der Waals surface area contributed by atoms with Crippen LogP contribution in [0.15, 0.2) is 24.3 Å². The third-order valence-corrected chi connectivity index (χ3v) is 3.88. The largest absolute Gasteiger partial charge is 0.341 e. The third kappa shape index (κ3) is 2.72. The van der Waals surface area contributed by atoms with Gasteiger partial charge < -0.3 is 10.2 Å². The highest BCUT2D eigenvalue weighted by Gasteiger charge is 2.31. The van der Waals surface area contributed by atoms with Crippen LogP contribution in [-0.2, 0) is 11.3 Å². The zero-order chi connectivity index (χ0) is 13.1. The molecule has 2 rings (SSSR count). The van der Waals surface area contributed by atoms with Crippen molar-refractivity contribution in [2.45, 2.75) is 20.4 Å². The van der Waals surface area contributed by atoms with Crippen molar-refractivity contribution in [3.63, 3.8) is 0 Å². The number of nitrogens with one attached hydrogen (secondary N) is 1. The van der Waals surface area contributed by atoms with Crippen LogP contribution in [0.1, 0.15) is 18.1 Å². The second-order valence-electron chi connectivity index (χ2n) is 5.36. The quantitative estimate of drug-likeness (QED) is 0.882. The first-order valence-corrected chi connectivity index (χ1v) is 6.60. The molecule has 3 nitrogen and oxygen atoms in total. The van der Waals surface area contributed by atoms with Gasteiger partial charge in [-0.25, -0.2) is 0 Å². The fourth-order valence-electron chi connectivity index (χ4n) is 2.54. The first-order valence-electron chi connectivity index (χ1n) is 6.60. The molecule has 1 aromatic carbocycles. The van der Waals surface area contributed by atoms with Gasteiger partial charge >= 0.3 is 0 Å². The SMILES string of the molecule is Cc1ccccc1CN(C)C(=O)C1CNCC1C. The van der Waals surface area contributed by atoms with Crippen molar-refractivity contribution in [1.29, 1.82) is 0 Å². The molecule has 98 valence electrons. The summed E-state index contributed by atoms with van der Waals surface area (Å²) in [7, 11) is 1.90. The number of nitrogens with zero attached hydrogens (tertiary/aromatic N) is 1. The first-order chi connectivity index (χ1) is 8.59. The Labute approximate surface area is 109 Å². The van der Waals surface area contributed by atoms with E-state index in [0.717, 1.165) is 13.1 Å². The molecule has 0 bridgehead atoms. The predicted octanol–water partition coefficient (Wildman–Crippen LogP) is 1.81. The lowest BCUT2D eigenvalue weighted by Gasteiger charge is -2.23. The molecule has 1 saturated heterocycles. The van der Waals surface area contributed by atoms with Crippen molar-refractivity contribution in [2.75, 3.05) is 20.1 Å². The van der Waals surface area contributed by atoms with E-state index in [-0.39, 0.29) is 11.8 Å². The Morgan fingerprint density at radius 2 is 2.11 bits per heavy atom. The highest BCUT2D eigenvalue weighted by atomic mass is 16.2. The molecule has 3 heteroatoms. The Morgan fingerprint density at radius 3 is 2.72 bits per heavy atom. The van der Waals surface area contributed by atoms with Gasteiger partial charge in [-0.2, -0.15) is 0 Å². The molecule has 1 amide bonds. The fourth-order valence-corrected chi connectivity index (χ4v) is 2.54. The predicted molar refractivity (Wildman–Crippen MR) is 73.2 cm³/mol. The lowest BCUT2D eigenvalue weighted by Crippen LogP contribution is -2.35. The summed E-state index contributed by atoms with van der Waals surface area (Å²) in [4.78, 5) is 14.2. The summed E-state index contributed by atoms with van der Waals surface area (Å²) in [6.45, 7) is 6.71. The standard InChI is InChI=1S/C15H22N2O/c1-11-6-4-5-7-13(11)10-17(3)15(18)14-9-16-8-12(14)2/h4-7,12,14,16H,8-10H2,1-3H3. The molecule has 18 heavy (non-hydrogen) atoms. The van der Waals surface area contributed by atoms with Crippen molar-refractivity contribution in [1.82, 2.24) is 10.2 Å². The van der Waals surface area contributed by atoms with E-state index in [1.807, 2.05) is 24.1 Å². The highest BCUT2D eigenvalue weighted by molar-refractivity contribution is 5.79. The van der Waals surface area contributed by atoms with Crippen molar-refractivity contribution in [2.24, 2.45) is 11.8 Å². The molecular weight excluding hydrogens is 224 g/mol. The molecule has 1 aliphatic heterocycles. The molecule has 1 fully saturated rings. The van der Waals surface area contributed by atoms with Crippen molar-refractivity contribution < 1.29 is 4.79 Å². The maximum Gasteiger partial charge on any atom is 0.227 e. The number of rotatable bonds is 3. The second kappa shape index (κ2) is 5.53. The van der Waals surface area contributed by atoms with Crippen LogP contribution in [0, 0.1) is 18.8 Å². The van der Waals surface area contributed by atoms with Gasteiger partial charge in [-0.3, -0.25) is 4.79 Å². The number of benzene rings is 1. The summed E-state index contributed by atoms with van der Waals surface area (Å²) in [5.41, 5.74) is 2.47. The summed E-state index contributed by atoms with van der Waals surface area (Å²) >= 11 is 0. The Morgan fingerprint density at radius 1 is 1.39 bits per heavy atom. The maximum atomic E-state index is 12.4. The van der Waals surface area contributed by atoms with Crippen molar-refractivity contribution in [3.05, 3.63) is 35.4 Å². The molecule has 0 spiro atoms. The van der Waals surface area contributed by atoms with Gasteiger partial charge in [-0.1, -0.05) is 31.2 Å². The van der Waals surface area contributed by atoms with Crippen molar-refractivity contribution >= 4 is 5.91 Å². The number of hydrogen-bond donors (Lipinski definition) is 1. The Kier molecular flexibility index (Phi) is 4.02. The molecule has 0 aromatic heterocycles. The number of carbonyl (C=O) groups is 1. The maximum absolute atomic E-state index is 12.4. The summed E-state index contributed by atoms with van der Waals surface area (Å²) < 4.78 is 0. The van der Waals surface area contributed by atoms with E-state index >= 15 is 0 Å². The molecule has 0 radical (unpaired) electrons. The monoisotopic (exact) mass is 246 g/mol. The number of hydrogen-bond acceptors (Lipinski definition) is 2. The second-order valence-corrected chi connectivity index (χ2v) is 5.36. The molecule has 1 heterocycles. The summed E-state index contributed by atoms with van der Waals surface area (Å²) in [5.74, 6) is 0.839. The molecule has 1 aliphatic rings. The topological polar surface area (TPSA) is 32.3 Å². The van der Waals surface area contributed by atoms with E-state index in [1.165, 1.54) is 11.1 Å². The minimum absolute atomic E-state index is 0.138. The Balaban J connectivity index is 2.01. The zero-order valence-corrected chi connectivity index (χ0v) is 11.4. The molecule has 0 saturated carbocycles. The van der Waals surface area contributed by atoms with Crippen LogP contribution in [-0.4, -0.2) is 30.9 Å². The number of carbonyl (C=O) groups excluding carboxylic acids is 1. The van der Waals surface area contributed by atoms with Gasteiger partial charge in [0, 0.05) is 20.1 Å². The van der Waals surface area contributed by atoms with Gasteiger partial charge in [0.2, 0.25) is 5.91 Å². The van der Waals surface area contributed by atoms with Gasteiger partial charge in [0.05, 0.1) is 5.92 Å². The van der Waals surface area contributed by atoms with Gasteiger partial charge in [0.1, 0.15) is 0 Å². The third-order valence-electron chi connectivity index (χ3n) is 3.88. The Hall–Kier alpha value is -1.35. The smallest absolute Gasteiger partial charge is 0.227 e. The van der Waals surface area contributed by atoms with E-state index in [2.05, 4.69) is 31.3 Å². The zero-order valence-electron chi connectivity index (χ0n) is 11.4. The first kappa shape index (κ1) is 13.1. The lowest BCUT2D eigenvalue weighted by molar-refractivity contribution is -0.135. The summed E-state index contributed by atoms with van der Waals surface area (Å²) in [6, 6.07) is 8.24. The number of amides is 1. The van der Waals surface area contributed by atoms with Gasteiger partial charge in [0.15, 0.2) is 0 Å². The van der Waals surface area contributed by atoms with Crippen LogP contribution in [0.5, 0.6) is 0 Å². The Bertz CT molecular complexity index is 430. The normalized spacial score (nSPS) is 23.1. The van der Waals surface area contributed by atoms with Gasteiger partial charge in [0.25, 0.3) is 0 Å². The van der Waals surface area contributed by atoms with E-state index < -0.39 is 0 Å². The van der Waals surface area contributed by atoms with Gasteiger partial charge in [-0.15, -0.1) is 0 Å². The molecule has 1 N–H and O–H groups in total. The van der Waals surface area contributed by atoms with Crippen LogP contribution < -0.4 is 5.32 Å². The molecule has 0 aliphatic carbocycles.